The molecule has 0 aromatic heterocycles. The van der Waals surface area contributed by atoms with Crippen molar-refractivity contribution in [2.45, 2.75) is 0 Å². The number of benzene rings is 3. The minimum absolute atomic E-state index is 0.242. The van der Waals surface area contributed by atoms with E-state index in [1.165, 1.54) is 0 Å². The maximum absolute atomic E-state index is 15.1. The van der Waals surface area contributed by atoms with Crippen LogP contribution in [0, 0.1) is 64.0 Å². The molecule has 3 rings (SSSR count). The van der Waals surface area contributed by atoms with Gasteiger partial charge in [0.15, 0.2) is 40.7 Å². The Kier molecular flexibility index (Phi) is 5.81. The molecule has 0 saturated carbocycles. The molecule has 13 heteroatoms. The van der Waals surface area contributed by atoms with Gasteiger partial charge in [0.2, 0.25) is 5.82 Å². The molecule has 1 atom stereocenters. The third-order valence-corrected chi connectivity index (χ3v) is 4.90. The summed E-state index contributed by atoms with van der Waals surface area (Å²) in [6.45, 7) is 0. The highest BCUT2D eigenvalue weighted by molar-refractivity contribution is 7.28. The second-order valence-electron chi connectivity index (χ2n) is 6.21. The van der Waals surface area contributed by atoms with Gasteiger partial charge in [0.1, 0.15) is 25.3 Å². The molecule has 0 amide bonds. The second-order valence-corrected chi connectivity index (χ2v) is 6.83. The summed E-state index contributed by atoms with van der Waals surface area (Å²) < 4.78 is 154. The first kappa shape index (κ1) is 23.1. The van der Waals surface area contributed by atoms with Crippen molar-refractivity contribution < 1.29 is 48.3 Å². The van der Waals surface area contributed by atoms with Crippen molar-refractivity contribution in [1.29, 1.82) is 0 Å². The Hall–Kier alpha value is -2.62. The minimum atomic E-state index is -2.57. The topological polar surface area (TPSA) is 0 Å². The molecule has 31 heavy (non-hydrogen) atoms. The third-order valence-electron chi connectivity index (χ3n) is 4.44. The van der Waals surface area contributed by atoms with Crippen molar-refractivity contribution in [2.24, 2.45) is 0 Å². The fraction of sp³-hybridized carbons (Fsp3) is 0. The van der Waals surface area contributed by atoms with Gasteiger partial charge in [0.25, 0.3) is 0 Å². The molecular formula is C18H5BF11P. The standard InChI is InChI=1S/C18H5BF11P/c19-8-10(22)6(11(23)15(27)14(8)26)4-2(20)1-3(31)5(9(4)21)7-12(24)16(28)18(30)17(29)13(7)25/h1H,19,31H2. The number of hydrogen-bond acceptors (Lipinski definition) is 0. The van der Waals surface area contributed by atoms with Gasteiger partial charge in [-0.2, -0.15) is 0 Å². The zero-order valence-corrected chi connectivity index (χ0v) is 16.0. The molecule has 0 fully saturated rings. The molecule has 0 N–H and O–H groups in total. The van der Waals surface area contributed by atoms with E-state index in [-0.39, 0.29) is 6.07 Å². The third kappa shape index (κ3) is 3.28. The van der Waals surface area contributed by atoms with E-state index in [9.17, 15) is 43.9 Å². The molecule has 0 nitrogen and oxygen atoms in total. The first-order chi connectivity index (χ1) is 14.3. The molecule has 0 radical (unpaired) electrons. The van der Waals surface area contributed by atoms with Crippen LogP contribution in [-0.2, 0) is 0 Å². The molecule has 0 aliphatic rings. The van der Waals surface area contributed by atoms with Crippen LogP contribution in [0.15, 0.2) is 6.07 Å². The zero-order valence-electron chi connectivity index (χ0n) is 14.8. The van der Waals surface area contributed by atoms with E-state index in [0.29, 0.717) is 7.85 Å². The highest BCUT2D eigenvalue weighted by atomic mass is 31.0. The van der Waals surface area contributed by atoms with Crippen LogP contribution in [0.2, 0.25) is 0 Å². The molecule has 0 bridgehead atoms. The Labute approximate surface area is 169 Å². The van der Waals surface area contributed by atoms with Gasteiger partial charge in [0, 0.05) is 5.56 Å². The van der Waals surface area contributed by atoms with Crippen LogP contribution in [0.25, 0.3) is 22.3 Å². The molecular weight excluding hydrogens is 467 g/mol. The zero-order chi connectivity index (χ0) is 23.5. The molecule has 1 unspecified atom stereocenters. The average Bonchev–Trinajstić information content (AvgIpc) is 2.72. The number of rotatable bonds is 2. The van der Waals surface area contributed by atoms with E-state index in [1.807, 2.05) is 0 Å². The lowest BCUT2D eigenvalue weighted by atomic mass is 9.88. The van der Waals surface area contributed by atoms with Gasteiger partial charge >= 0.3 is 0 Å². The van der Waals surface area contributed by atoms with Crippen molar-refractivity contribution in [3.05, 3.63) is 70.1 Å². The summed E-state index contributed by atoms with van der Waals surface area (Å²) in [5.74, 6) is -25.1. The summed E-state index contributed by atoms with van der Waals surface area (Å²) in [5, 5.41) is -0.804. The summed E-state index contributed by atoms with van der Waals surface area (Å²) in [5.41, 5.74) is -8.03. The van der Waals surface area contributed by atoms with Gasteiger partial charge < -0.3 is 0 Å². The first-order valence-corrected chi connectivity index (χ1v) is 8.52. The molecule has 0 aliphatic carbocycles. The van der Waals surface area contributed by atoms with Crippen molar-refractivity contribution in [3.63, 3.8) is 0 Å². The van der Waals surface area contributed by atoms with Crippen molar-refractivity contribution in [1.82, 2.24) is 0 Å². The lowest BCUT2D eigenvalue weighted by Crippen LogP contribution is -2.21. The number of hydrogen-bond donors (Lipinski definition) is 0. The van der Waals surface area contributed by atoms with Crippen molar-refractivity contribution in [3.8, 4) is 22.3 Å². The van der Waals surface area contributed by atoms with Crippen molar-refractivity contribution in [2.75, 3.05) is 0 Å². The predicted molar refractivity (Wildman–Crippen MR) is 94.4 cm³/mol. The highest BCUT2D eigenvalue weighted by Crippen LogP contribution is 2.39. The molecule has 3 aromatic carbocycles. The summed E-state index contributed by atoms with van der Waals surface area (Å²) in [4.78, 5) is 0. The van der Waals surface area contributed by atoms with Gasteiger partial charge in [-0.05, 0) is 16.8 Å². The lowest BCUT2D eigenvalue weighted by molar-refractivity contribution is 0.381. The van der Waals surface area contributed by atoms with Gasteiger partial charge in [-0.15, -0.1) is 9.24 Å². The highest BCUT2D eigenvalue weighted by Gasteiger charge is 2.33. The Morgan fingerprint density at radius 2 is 0.839 bits per heavy atom. The van der Waals surface area contributed by atoms with Crippen LogP contribution in [-0.4, -0.2) is 7.85 Å². The van der Waals surface area contributed by atoms with E-state index < -0.39 is 97.0 Å². The van der Waals surface area contributed by atoms with Crippen LogP contribution in [0.4, 0.5) is 48.3 Å². The fourth-order valence-electron chi connectivity index (χ4n) is 2.92. The average molecular weight is 472 g/mol. The van der Waals surface area contributed by atoms with E-state index in [1.54, 1.807) is 9.24 Å². The summed E-state index contributed by atoms with van der Waals surface area (Å²) >= 11 is 0. The summed E-state index contributed by atoms with van der Waals surface area (Å²) in [6.07, 6.45) is 0. The SMILES string of the molecule is Bc1c(F)c(F)c(F)c(-c2c(F)cc(P)c(-c3c(F)c(F)c(F)c(F)c3F)c2F)c1F. The second kappa shape index (κ2) is 7.82. The molecule has 0 spiro atoms. The minimum Gasteiger partial charge on any atom is -0.207 e. The van der Waals surface area contributed by atoms with Gasteiger partial charge in [-0.25, -0.2) is 48.3 Å². The van der Waals surface area contributed by atoms with Crippen LogP contribution in [0.3, 0.4) is 0 Å². The maximum Gasteiger partial charge on any atom is 0.200 e. The predicted octanol–water partition coefficient (Wildman–Crippen LogP) is 4.31. The van der Waals surface area contributed by atoms with E-state index >= 15 is 4.39 Å². The Balaban J connectivity index is 2.52. The number of halogens is 11. The first-order valence-electron chi connectivity index (χ1n) is 7.94. The van der Waals surface area contributed by atoms with Gasteiger partial charge in [0.05, 0.1) is 16.7 Å². The van der Waals surface area contributed by atoms with Gasteiger partial charge in [-0.1, -0.05) is 0 Å². The summed E-state index contributed by atoms with van der Waals surface area (Å²) in [6, 6.07) is 0.242. The van der Waals surface area contributed by atoms with Crippen LogP contribution in [0.5, 0.6) is 0 Å². The van der Waals surface area contributed by atoms with E-state index in [4.69, 9.17) is 0 Å². The van der Waals surface area contributed by atoms with E-state index in [2.05, 4.69) is 0 Å². The monoisotopic (exact) mass is 472 g/mol. The van der Waals surface area contributed by atoms with Crippen LogP contribution < -0.4 is 10.8 Å². The van der Waals surface area contributed by atoms with E-state index in [0.717, 1.165) is 0 Å². The maximum atomic E-state index is 15.1. The quantitative estimate of drug-likeness (QED) is 0.172. The van der Waals surface area contributed by atoms with Crippen LogP contribution >= 0.6 is 9.24 Å². The Bertz CT molecular complexity index is 1120. The van der Waals surface area contributed by atoms with Crippen molar-refractivity contribution >= 4 is 27.9 Å². The Morgan fingerprint density at radius 1 is 0.452 bits per heavy atom. The normalized spacial score (nSPS) is 11.4. The molecule has 0 aliphatic heterocycles. The van der Waals surface area contributed by atoms with Gasteiger partial charge in [-0.3, -0.25) is 0 Å². The molecule has 162 valence electrons. The lowest BCUT2D eigenvalue weighted by Gasteiger charge is -2.17. The Morgan fingerprint density at radius 3 is 1.32 bits per heavy atom. The summed E-state index contributed by atoms with van der Waals surface area (Å²) in [7, 11) is 2.17. The molecule has 3 aromatic rings. The largest absolute Gasteiger partial charge is 0.207 e. The van der Waals surface area contributed by atoms with Crippen LogP contribution in [0.1, 0.15) is 0 Å². The molecule has 0 heterocycles. The smallest absolute Gasteiger partial charge is 0.200 e. The molecule has 0 saturated heterocycles. The fourth-order valence-corrected chi connectivity index (χ4v) is 3.33.